The molecule has 2 fully saturated rings. The van der Waals surface area contributed by atoms with Crippen molar-refractivity contribution in [2.24, 2.45) is 5.92 Å². The quantitative estimate of drug-likeness (QED) is 0.927. The zero-order valence-electron chi connectivity index (χ0n) is 14.9. The lowest BCUT2D eigenvalue weighted by Crippen LogP contribution is -2.64. The van der Waals surface area contributed by atoms with Gasteiger partial charge in [-0.3, -0.25) is 9.89 Å². The first kappa shape index (κ1) is 16.3. The van der Waals surface area contributed by atoms with Crippen molar-refractivity contribution in [1.82, 2.24) is 20.1 Å². The van der Waals surface area contributed by atoms with Gasteiger partial charge in [0.2, 0.25) is 0 Å². The summed E-state index contributed by atoms with van der Waals surface area (Å²) in [4.78, 5) is 19.3. The molecule has 1 saturated carbocycles. The van der Waals surface area contributed by atoms with Crippen LogP contribution in [0, 0.1) is 5.92 Å². The molecule has 0 spiro atoms. The van der Waals surface area contributed by atoms with Gasteiger partial charge in [-0.05, 0) is 49.8 Å². The fraction of sp³-hybridized carbons (Fsp3) is 0.550. The van der Waals surface area contributed by atoms with Crippen LogP contribution in [-0.4, -0.2) is 38.1 Å². The van der Waals surface area contributed by atoms with Gasteiger partial charge in [-0.2, -0.15) is 5.10 Å². The van der Waals surface area contributed by atoms with Crippen LogP contribution < -0.4 is 0 Å². The summed E-state index contributed by atoms with van der Waals surface area (Å²) in [6.07, 6.45) is 9.91. The Hall–Kier alpha value is -2.17. The van der Waals surface area contributed by atoms with E-state index < -0.39 is 0 Å². The monoisotopic (exact) mass is 338 g/mol. The van der Waals surface area contributed by atoms with Crippen LogP contribution in [0.5, 0.6) is 0 Å². The van der Waals surface area contributed by atoms with E-state index in [1.165, 1.54) is 38.4 Å². The molecule has 1 N–H and O–H groups in total. The first-order valence-electron chi connectivity index (χ1n) is 9.42. The number of hydrogen-bond acceptors (Lipinski definition) is 3. The van der Waals surface area contributed by atoms with Crippen LogP contribution in [-0.2, 0) is 6.42 Å². The van der Waals surface area contributed by atoms with Gasteiger partial charge >= 0.3 is 0 Å². The summed E-state index contributed by atoms with van der Waals surface area (Å²) in [6.45, 7) is 3.19. The summed E-state index contributed by atoms with van der Waals surface area (Å²) >= 11 is 0. The van der Waals surface area contributed by atoms with Crippen molar-refractivity contribution in [1.29, 1.82) is 0 Å². The highest BCUT2D eigenvalue weighted by Gasteiger charge is 2.48. The van der Waals surface area contributed by atoms with Gasteiger partial charge in [-0.15, -0.1) is 0 Å². The molecular weight excluding hydrogens is 312 g/mol. The topological polar surface area (TPSA) is 61.9 Å². The van der Waals surface area contributed by atoms with Crippen molar-refractivity contribution in [2.45, 2.75) is 57.4 Å². The van der Waals surface area contributed by atoms with E-state index in [0.29, 0.717) is 12.3 Å². The molecular formula is C20H26N4O. The maximum Gasteiger partial charge on any atom is 0.254 e. The molecule has 1 aromatic heterocycles. The van der Waals surface area contributed by atoms with Crippen LogP contribution in [0.2, 0.25) is 0 Å². The standard InChI is InChI=1S/C20H26N4O/c1-20(17-5-3-2-4-6-17)11-12-24(20)19(25)16-9-7-15(8-10-16)13-18-21-14-22-23-18/h7-10,14,17H,2-6,11-13H2,1H3,(H,21,22,23). The maximum atomic E-state index is 13.0. The highest BCUT2D eigenvalue weighted by atomic mass is 16.2. The average molecular weight is 338 g/mol. The minimum Gasteiger partial charge on any atom is -0.333 e. The number of nitrogens with one attached hydrogen (secondary N) is 1. The van der Waals surface area contributed by atoms with Crippen molar-refractivity contribution in [3.05, 3.63) is 47.5 Å². The lowest BCUT2D eigenvalue weighted by atomic mass is 9.68. The van der Waals surface area contributed by atoms with E-state index in [1.807, 2.05) is 24.3 Å². The second-order valence-electron chi connectivity index (χ2n) is 7.70. The fourth-order valence-corrected chi connectivity index (χ4v) is 4.49. The molecule has 1 saturated heterocycles. The Morgan fingerprint density at radius 3 is 2.60 bits per heavy atom. The number of aromatic nitrogens is 3. The molecule has 5 nitrogen and oxygen atoms in total. The van der Waals surface area contributed by atoms with E-state index >= 15 is 0 Å². The molecule has 5 heteroatoms. The van der Waals surface area contributed by atoms with Crippen LogP contribution in [0.1, 0.15) is 67.2 Å². The van der Waals surface area contributed by atoms with Gasteiger partial charge in [0.15, 0.2) is 0 Å². The van der Waals surface area contributed by atoms with Gasteiger partial charge in [0.1, 0.15) is 12.2 Å². The van der Waals surface area contributed by atoms with Crippen molar-refractivity contribution < 1.29 is 4.79 Å². The molecule has 1 aromatic carbocycles. The number of aromatic amines is 1. The molecule has 0 radical (unpaired) electrons. The zero-order valence-corrected chi connectivity index (χ0v) is 14.9. The van der Waals surface area contributed by atoms with E-state index in [0.717, 1.165) is 29.9 Å². The van der Waals surface area contributed by atoms with E-state index in [9.17, 15) is 4.79 Å². The van der Waals surface area contributed by atoms with Gasteiger partial charge in [0.25, 0.3) is 5.91 Å². The van der Waals surface area contributed by atoms with Crippen molar-refractivity contribution in [3.8, 4) is 0 Å². The molecule has 132 valence electrons. The molecule has 2 heterocycles. The molecule has 1 aliphatic heterocycles. The van der Waals surface area contributed by atoms with E-state index in [4.69, 9.17) is 0 Å². The summed E-state index contributed by atoms with van der Waals surface area (Å²) < 4.78 is 0. The third kappa shape index (κ3) is 3.08. The lowest BCUT2D eigenvalue weighted by molar-refractivity contribution is -0.0362. The Kier molecular flexibility index (Phi) is 4.32. The molecule has 25 heavy (non-hydrogen) atoms. The third-order valence-corrected chi connectivity index (χ3v) is 6.23. The molecule has 1 atom stereocenters. The van der Waals surface area contributed by atoms with E-state index in [-0.39, 0.29) is 11.4 Å². The first-order valence-corrected chi connectivity index (χ1v) is 9.42. The average Bonchev–Trinajstić information content (AvgIpc) is 3.14. The fourth-order valence-electron chi connectivity index (χ4n) is 4.49. The van der Waals surface area contributed by atoms with Crippen LogP contribution in [0.25, 0.3) is 0 Å². The number of benzene rings is 1. The van der Waals surface area contributed by atoms with E-state index in [1.54, 1.807) is 0 Å². The predicted molar refractivity (Wildman–Crippen MR) is 96.3 cm³/mol. The lowest BCUT2D eigenvalue weighted by Gasteiger charge is -2.56. The number of carbonyl (C=O) groups excluding carboxylic acids is 1. The third-order valence-electron chi connectivity index (χ3n) is 6.23. The number of H-pyrrole nitrogens is 1. The Labute approximate surface area is 148 Å². The maximum absolute atomic E-state index is 13.0. The van der Waals surface area contributed by atoms with Crippen LogP contribution in [0.15, 0.2) is 30.6 Å². The Morgan fingerprint density at radius 1 is 1.24 bits per heavy atom. The Bertz CT molecular complexity index is 719. The van der Waals surface area contributed by atoms with Gasteiger partial charge in [0.05, 0.1) is 0 Å². The van der Waals surface area contributed by atoms with Crippen LogP contribution >= 0.6 is 0 Å². The summed E-state index contributed by atoms with van der Waals surface area (Å²) in [5.41, 5.74) is 1.99. The number of amides is 1. The SMILES string of the molecule is CC1(C2CCCCC2)CCN1C(=O)c1ccc(Cc2ncn[nH]2)cc1. The first-order chi connectivity index (χ1) is 12.2. The van der Waals surface area contributed by atoms with Crippen molar-refractivity contribution >= 4 is 5.91 Å². The van der Waals surface area contributed by atoms with Gasteiger partial charge < -0.3 is 4.90 Å². The minimum atomic E-state index is 0.0655. The molecule has 1 unspecified atom stereocenters. The second kappa shape index (κ2) is 6.62. The van der Waals surface area contributed by atoms with Gasteiger partial charge in [0, 0.05) is 24.1 Å². The Balaban J connectivity index is 1.45. The second-order valence-corrected chi connectivity index (χ2v) is 7.70. The van der Waals surface area contributed by atoms with E-state index in [2.05, 4.69) is 27.0 Å². The number of likely N-dealkylation sites (tertiary alicyclic amines) is 1. The minimum absolute atomic E-state index is 0.0655. The summed E-state index contributed by atoms with van der Waals surface area (Å²) in [7, 11) is 0. The number of hydrogen-bond donors (Lipinski definition) is 1. The largest absolute Gasteiger partial charge is 0.333 e. The van der Waals surface area contributed by atoms with Crippen molar-refractivity contribution in [3.63, 3.8) is 0 Å². The number of nitrogens with zero attached hydrogens (tertiary/aromatic N) is 3. The van der Waals surface area contributed by atoms with Crippen molar-refractivity contribution in [2.75, 3.05) is 6.54 Å². The molecule has 0 bridgehead atoms. The highest BCUT2D eigenvalue weighted by Crippen LogP contribution is 2.44. The Morgan fingerprint density at radius 2 is 2.00 bits per heavy atom. The smallest absolute Gasteiger partial charge is 0.254 e. The highest BCUT2D eigenvalue weighted by molar-refractivity contribution is 5.95. The molecule has 2 aromatic rings. The number of rotatable bonds is 4. The van der Waals surface area contributed by atoms with Crippen LogP contribution in [0.4, 0.5) is 0 Å². The molecule has 1 amide bonds. The molecule has 2 aliphatic rings. The van der Waals surface area contributed by atoms with Crippen LogP contribution in [0.3, 0.4) is 0 Å². The normalized spacial score (nSPS) is 24.1. The summed E-state index contributed by atoms with van der Waals surface area (Å²) in [5.74, 6) is 1.70. The predicted octanol–water partition coefficient (Wildman–Crippen LogP) is 3.58. The summed E-state index contributed by atoms with van der Waals surface area (Å²) in [5, 5.41) is 6.74. The number of carbonyl (C=O) groups is 1. The molecule has 1 aliphatic carbocycles. The van der Waals surface area contributed by atoms with Gasteiger partial charge in [-0.25, -0.2) is 4.98 Å². The van der Waals surface area contributed by atoms with Gasteiger partial charge in [-0.1, -0.05) is 31.4 Å². The summed E-state index contributed by atoms with van der Waals surface area (Å²) in [6, 6.07) is 7.95. The molecule has 4 rings (SSSR count). The zero-order chi connectivity index (χ0) is 17.3.